The van der Waals surface area contributed by atoms with Crippen LogP contribution in [0.25, 0.3) is 0 Å². The molecule has 25 heavy (non-hydrogen) atoms. The molecule has 0 aromatic heterocycles. The summed E-state index contributed by atoms with van der Waals surface area (Å²) in [4.78, 5) is 12.8. The third-order valence-corrected chi connectivity index (χ3v) is 4.77. The predicted octanol–water partition coefficient (Wildman–Crippen LogP) is 3.42. The minimum absolute atomic E-state index is 0.0406. The van der Waals surface area contributed by atoms with Crippen LogP contribution in [0.4, 0.5) is 11.4 Å². The van der Waals surface area contributed by atoms with Gasteiger partial charge in [-0.2, -0.15) is 5.26 Å². The van der Waals surface area contributed by atoms with E-state index < -0.39 is 11.0 Å². The fourth-order valence-electron chi connectivity index (χ4n) is 3.39. The van der Waals surface area contributed by atoms with Crippen molar-refractivity contribution in [3.8, 4) is 6.07 Å². The summed E-state index contributed by atoms with van der Waals surface area (Å²) in [7, 11) is 0. The Bertz CT molecular complexity index is 793. The molecule has 1 N–H and O–H groups in total. The summed E-state index contributed by atoms with van der Waals surface area (Å²) in [6, 6.07) is 16.1. The zero-order valence-corrected chi connectivity index (χ0v) is 13.7. The maximum atomic E-state index is 11.3. The van der Waals surface area contributed by atoms with Crippen LogP contribution in [-0.2, 0) is 0 Å². The van der Waals surface area contributed by atoms with Crippen LogP contribution in [0, 0.1) is 27.4 Å². The summed E-state index contributed by atoms with van der Waals surface area (Å²) in [6.45, 7) is 1.28. The Kier molecular flexibility index (Phi) is 4.96. The average molecular weight is 337 g/mol. The van der Waals surface area contributed by atoms with Crippen molar-refractivity contribution < 1.29 is 10.0 Å². The van der Waals surface area contributed by atoms with Crippen LogP contribution in [0.5, 0.6) is 0 Å². The minimum Gasteiger partial charge on any atom is -0.388 e. The van der Waals surface area contributed by atoms with Gasteiger partial charge in [0.25, 0.3) is 5.69 Å². The molecule has 1 heterocycles. The molecule has 2 aromatic carbocycles. The van der Waals surface area contributed by atoms with Crippen LogP contribution >= 0.6 is 0 Å². The highest BCUT2D eigenvalue weighted by molar-refractivity contribution is 5.65. The van der Waals surface area contributed by atoms with E-state index in [1.54, 1.807) is 12.1 Å². The highest BCUT2D eigenvalue weighted by Crippen LogP contribution is 2.35. The molecule has 128 valence electrons. The predicted molar refractivity (Wildman–Crippen MR) is 94.2 cm³/mol. The molecule has 1 fully saturated rings. The standard InChI is InChI=1S/C19H19N3O3/c20-13-14-6-7-17(18(12-14)22(24)25)21-10-8-16(9-11-21)19(23)15-4-2-1-3-5-15/h1-7,12,16,19,23H,8-11H2. The molecule has 0 spiro atoms. The topological polar surface area (TPSA) is 90.4 Å². The van der Waals surface area contributed by atoms with Gasteiger partial charge in [-0.1, -0.05) is 30.3 Å². The number of nitro groups is 1. The second-order valence-electron chi connectivity index (χ2n) is 6.25. The fraction of sp³-hybridized carbons (Fsp3) is 0.316. The average Bonchev–Trinajstić information content (AvgIpc) is 2.67. The van der Waals surface area contributed by atoms with Gasteiger partial charge in [-0.05, 0) is 36.5 Å². The molecule has 0 amide bonds. The van der Waals surface area contributed by atoms with E-state index in [2.05, 4.69) is 0 Å². The minimum atomic E-state index is -0.515. The molecule has 1 saturated heterocycles. The first-order valence-corrected chi connectivity index (χ1v) is 8.26. The smallest absolute Gasteiger partial charge is 0.293 e. The van der Waals surface area contributed by atoms with Crippen LogP contribution < -0.4 is 4.90 Å². The summed E-state index contributed by atoms with van der Waals surface area (Å²) >= 11 is 0. The van der Waals surface area contributed by atoms with Gasteiger partial charge < -0.3 is 10.0 Å². The van der Waals surface area contributed by atoms with Gasteiger partial charge in [0.2, 0.25) is 0 Å². The molecule has 1 atom stereocenters. The van der Waals surface area contributed by atoms with Crippen LogP contribution in [0.3, 0.4) is 0 Å². The lowest BCUT2D eigenvalue weighted by atomic mass is 9.87. The number of rotatable bonds is 4. The molecule has 0 radical (unpaired) electrons. The van der Waals surface area contributed by atoms with Crippen molar-refractivity contribution in [2.75, 3.05) is 18.0 Å². The van der Waals surface area contributed by atoms with Crippen LogP contribution in [0.2, 0.25) is 0 Å². The molecule has 1 aliphatic rings. The number of nitriles is 1. The second-order valence-corrected chi connectivity index (χ2v) is 6.25. The lowest BCUT2D eigenvalue weighted by Crippen LogP contribution is -2.36. The van der Waals surface area contributed by atoms with Crippen molar-refractivity contribution in [3.05, 3.63) is 69.8 Å². The maximum Gasteiger partial charge on any atom is 0.293 e. The fourth-order valence-corrected chi connectivity index (χ4v) is 3.39. The number of nitrogens with zero attached hydrogens (tertiary/aromatic N) is 3. The first-order valence-electron chi connectivity index (χ1n) is 8.26. The molecule has 6 nitrogen and oxygen atoms in total. The zero-order chi connectivity index (χ0) is 17.8. The van der Waals surface area contributed by atoms with Gasteiger partial charge in [0.1, 0.15) is 5.69 Å². The second kappa shape index (κ2) is 7.32. The van der Waals surface area contributed by atoms with E-state index in [4.69, 9.17) is 5.26 Å². The molecule has 0 aliphatic carbocycles. The van der Waals surface area contributed by atoms with Gasteiger partial charge >= 0.3 is 0 Å². The van der Waals surface area contributed by atoms with E-state index in [-0.39, 0.29) is 17.2 Å². The first kappa shape index (κ1) is 16.9. The van der Waals surface area contributed by atoms with Crippen molar-refractivity contribution in [2.45, 2.75) is 18.9 Å². The third-order valence-electron chi connectivity index (χ3n) is 4.77. The summed E-state index contributed by atoms with van der Waals surface area (Å²) in [6.07, 6.45) is 1.000. The third kappa shape index (κ3) is 3.62. The summed E-state index contributed by atoms with van der Waals surface area (Å²) in [5.41, 5.74) is 1.69. The Morgan fingerprint density at radius 1 is 1.20 bits per heavy atom. The largest absolute Gasteiger partial charge is 0.388 e. The molecule has 3 rings (SSSR count). The molecular formula is C19H19N3O3. The maximum absolute atomic E-state index is 11.3. The number of aliphatic hydroxyl groups is 1. The number of nitro benzene ring substituents is 1. The highest BCUT2D eigenvalue weighted by Gasteiger charge is 2.29. The van der Waals surface area contributed by atoms with Crippen LogP contribution in [0.1, 0.15) is 30.1 Å². The van der Waals surface area contributed by atoms with Crippen LogP contribution in [-0.4, -0.2) is 23.1 Å². The molecule has 0 saturated carbocycles. The monoisotopic (exact) mass is 337 g/mol. The summed E-state index contributed by atoms with van der Waals surface area (Å²) < 4.78 is 0. The Morgan fingerprint density at radius 3 is 2.48 bits per heavy atom. The molecule has 1 aliphatic heterocycles. The van der Waals surface area contributed by atoms with Crippen molar-refractivity contribution in [2.24, 2.45) is 5.92 Å². The van der Waals surface area contributed by atoms with E-state index in [1.165, 1.54) is 6.07 Å². The quantitative estimate of drug-likeness (QED) is 0.682. The zero-order valence-electron chi connectivity index (χ0n) is 13.7. The van der Waals surface area contributed by atoms with Crippen molar-refractivity contribution in [1.82, 2.24) is 0 Å². The van der Waals surface area contributed by atoms with Gasteiger partial charge in [-0.15, -0.1) is 0 Å². The SMILES string of the molecule is N#Cc1ccc(N2CCC(C(O)c3ccccc3)CC2)c([N+](=O)[O-])c1. The van der Waals surface area contributed by atoms with Gasteiger partial charge in [0.05, 0.1) is 22.7 Å². The molecule has 6 heteroatoms. The van der Waals surface area contributed by atoms with Crippen molar-refractivity contribution >= 4 is 11.4 Å². The van der Waals surface area contributed by atoms with Gasteiger partial charge in [0.15, 0.2) is 0 Å². The summed E-state index contributed by atoms with van der Waals surface area (Å²) in [5, 5.41) is 30.8. The number of piperidine rings is 1. The molecular weight excluding hydrogens is 318 g/mol. The lowest BCUT2D eigenvalue weighted by molar-refractivity contribution is -0.384. The number of benzene rings is 2. The normalized spacial score (nSPS) is 16.2. The summed E-state index contributed by atoms with van der Waals surface area (Å²) in [5.74, 6) is 0.135. The number of aliphatic hydroxyl groups excluding tert-OH is 1. The van der Waals surface area contributed by atoms with Crippen molar-refractivity contribution in [3.63, 3.8) is 0 Å². The Hall–Kier alpha value is -2.91. The van der Waals surface area contributed by atoms with Gasteiger partial charge in [-0.3, -0.25) is 10.1 Å². The van der Waals surface area contributed by atoms with Gasteiger partial charge in [-0.25, -0.2) is 0 Å². The number of hydrogen-bond acceptors (Lipinski definition) is 5. The molecule has 2 aromatic rings. The molecule has 0 bridgehead atoms. The Balaban J connectivity index is 1.73. The van der Waals surface area contributed by atoms with E-state index in [9.17, 15) is 15.2 Å². The molecule has 1 unspecified atom stereocenters. The van der Waals surface area contributed by atoms with Gasteiger partial charge in [0, 0.05) is 19.2 Å². The van der Waals surface area contributed by atoms with E-state index in [0.717, 1.165) is 18.4 Å². The highest BCUT2D eigenvalue weighted by atomic mass is 16.6. The van der Waals surface area contributed by atoms with E-state index in [0.29, 0.717) is 18.8 Å². The first-order chi connectivity index (χ1) is 12.1. The Morgan fingerprint density at radius 2 is 1.88 bits per heavy atom. The number of hydrogen-bond donors (Lipinski definition) is 1. The number of anilines is 1. The van der Waals surface area contributed by atoms with Crippen LogP contribution in [0.15, 0.2) is 48.5 Å². The van der Waals surface area contributed by atoms with Crippen molar-refractivity contribution in [1.29, 1.82) is 5.26 Å². The van der Waals surface area contributed by atoms with E-state index in [1.807, 2.05) is 41.3 Å². The lowest BCUT2D eigenvalue weighted by Gasteiger charge is -2.35. The Labute approximate surface area is 146 Å². The van der Waals surface area contributed by atoms with E-state index >= 15 is 0 Å².